The standard InChI is InChI=1S/C25H26FN5O3S/c1-4-22-23(30-15-16(2)27-17(3)24(30)29-22)19-7-5-18(6-8-19)13-14-31(35(33)34)25(32)28-21-11-9-20(26)10-12-21/h5-12,15,35H,4,13-14H2,1-3H3,(H,28,32). The van der Waals surface area contributed by atoms with Crippen molar-refractivity contribution in [2.45, 2.75) is 33.6 Å². The van der Waals surface area contributed by atoms with Crippen molar-refractivity contribution in [1.29, 1.82) is 0 Å². The number of urea groups is 1. The van der Waals surface area contributed by atoms with Gasteiger partial charge >= 0.3 is 6.03 Å². The highest BCUT2D eigenvalue weighted by atomic mass is 32.2. The van der Waals surface area contributed by atoms with Gasteiger partial charge in [0.15, 0.2) is 5.65 Å². The van der Waals surface area contributed by atoms with Crippen LogP contribution >= 0.6 is 0 Å². The summed E-state index contributed by atoms with van der Waals surface area (Å²) in [5.41, 5.74) is 6.75. The first kappa shape index (κ1) is 24.3. The van der Waals surface area contributed by atoms with Gasteiger partial charge in [-0.25, -0.2) is 26.9 Å². The van der Waals surface area contributed by atoms with E-state index < -0.39 is 22.7 Å². The fourth-order valence-corrected chi connectivity index (χ4v) is 4.45. The van der Waals surface area contributed by atoms with Gasteiger partial charge in [0.2, 0.25) is 10.9 Å². The van der Waals surface area contributed by atoms with Crippen molar-refractivity contribution >= 4 is 28.3 Å². The normalized spacial score (nSPS) is 11.2. The zero-order valence-corrected chi connectivity index (χ0v) is 20.6. The first-order chi connectivity index (χ1) is 16.8. The van der Waals surface area contributed by atoms with Crippen molar-refractivity contribution in [3.8, 4) is 11.3 Å². The minimum absolute atomic E-state index is 0.0229. The third-order valence-corrected chi connectivity index (χ3v) is 6.44. The molecule has 35 heavy (non-hydrogen) atoms. The molecule has 0 unspecified atom stereocenters. The summed E-state index contributed by atoms with van der Waals surface area (Å²) >= 11 is 0. The lowest BCUT2D eigenvalue weighted by Gasteiger charge is -2.17. The maximum atomic E-state index is 13.1. The number of fused-ring (bicyclic) bond motifs is 1. The molecule has 2 aromatic carbocycles. The molecule has 0 saturated heterocycles. The number of hydrogen-bond acceptors (Lipinski definition) is 5. The molecule has 0 aliphatic carbocycles. The van der Waals surface area contributed by atoms with E-state index in [1.165, 1.54) is 24.3 Å². The first-order valence-electron chi connectivity index (χ1n) is 11.2. The lowest BCUT2D eigenvalue weighted by Crippen LogP contribution is -2.35. The van der Waals surface area contributed by atoms with E-state index in [2.05, 4.69) is 21.6 Å². The summed E-state index contributed by atoms with van der Waals surface area (Å²) in [6.45, 7) is 5.93. The van der Waals surface area contributed by atoms with Crippen molar-refractivity contribution in [2.24, 2.45) is 0 Å². The average Bonchev–Trinajstić information content (AvgIpc) is 3.20. The van der Waals surface area contributed by atoms with Gasteiger partial charge < -0.3 is 5.32 Å². The Labute approximate surface area is 204 Å². The molecule has 4 aromatic rings. The van der Waals surface area contributed by atoms with Gasteiger partial charge in [0.25, 0.3) is 0 Å². The second kappa shape index (κ2) is 10.2. The molecule has 182 valence electrons. The largest absolute Gasteiger partial charge is 0.335 e. The molecule has 10 heteroatoms. The first-order valence-corrected chi connectivity index (χ1v) is 12.3. The maximum Gasteiger partial charge on any atom is 0.335 e. The Kier molecular flexibility index (Phi) is 7.11. The fraction of sp³-hybridized carbons (Fsp3) is 0.240. The van der Waals surface area contributed by atoms with Crippen LogP contribution in [0, 0.1) is 19.7 Å². The van der Waals surface area contributed by atoms with E-state index in [-0.39, 0.29) is 6.54 Å². The summed E-state index contributed by atoms with van der Waals surface area (Å²) in [6.07, 6.45) is 3.09. The third kappa shape index (κ3) is 5.32. The number of rotatable bonds is 7. The molecule has 8 nitrogen and oxygen atoms in total. The van der Waals surface area contributed by atoms with E-state index in [1.54, 1.807) is 0 Å². The van der Waals surface area contributed by atoms with Gasteiger partial charge in [-0.2, -0.15) is 0 Å². The van der Waals surface area contributed by atoms with Crippen molar-refractivity contribution in [2.75, 3.05) is 11.9 Å². The number of anilines is 1. The second-order valence-corrected chi connectivity index (χ2v) is 9.13. The Balaban J connectivity index is 1.51. The predicted molar refractivity (Wildman–Crippen MR) is 133 cm³/mol. The number of halogens is 1. The van der Waals surface area contributed by atoms with Crippen LogP contribution in [-0.2, 0) is 23.7 Å². The molecule has 4 rings (SSSR count). The fourth-order valence-electron chi connectivity index (χ4n) is 3.99. The van der Waals surface area contributed by atoms with Crippen LogP contribution in [0.4, 0.5) is 14.9 Å². The minimum atomic E-state index is -3.14. The number of aromatic nitrogens is 3. The number of nitrogens with one attached hydrogen (secondary N) is 1. The molecule has 0 atom stereocenters. The molecule has 2 aromatic heterocycles. The Morgan fingerprint density at radius 2 is 1.74 bits per heavy atom. The van der Waals surface area contributed by atoms with Gasteiger partial charge in [-0.3, -0.25) is 9.38 Å². The highest BCUT2D eigenvalue weighted by molar-refractivity contribution is 7.70. The zero-order chi connectivity index (χ0) is 25.1. The van der Waals surface area contributed by atoms with Crippen molar-refractivity contribution < 1.29 is 17.6 Å². The molecular weight excluding hydrogens is 469 g/mol. The van der Waals surface area contributed by atoms with Gasteiger partial charge in [0.1, 0.15) is 5.82 Å². The predicted octanol–water partition coefficient (Wildman–Crippen LogP) is 4.32. The highest BCUT2D eigenvalue weighted by Crippen LogP contribution is 2.27. The summed E-state index contributed by atoms with van der Waals surface area (Å²) in [5.74, 6) is -0.449. The number of carbonyl (C=O) groups excluding carboxylic acids is 1. The molecular formula is C25H26FN5O3S. The summed E-state index contributed by atoms with van der Waals surface area (Å²) in [6, 6.07) is 12.1. The topological polar surface area (TPSA) is 96.7 Å². The Hall–Kier alpha value is -3.79. The van der Waals surface area contributed by atoms with Crippen LogP contribution in [-0.4, -0.2) is 39.7 Å². The van der Waals surface area contributed by atoms with Crippen molar-refractivity contribution in [3.63, 3.8) is 0 Å². The quantitative estimate of drug-likeness (QED) is 0.372. The maximum absolute atomic E-state index is 13.1. The minimum Gasteiger partial charge on any atom is -0.307 e. The number of amides is 2. The molecule has 2 amide bonds. The van der Waals surface area contributed by atoms with Crippen LogP contribution in [0.2, 0.25) is 0 Å². The monoisotopic (exact) mass is 495 g/mol. The van der Waals surface area contributed by atoms with Crippen LogP contribution in [0.5, 0.6) is 0 Å². The van der Waals surface area contributed by atoms with Gasteiger partial charge in [-0.1, -0.05) is 31.2 Å². The van der Waals surface area contributed by atoms with E-state index in [0.29, 0.717) is 12.1 Å². The average molecular weight is 496 g/mol. The van der Waals surface area contributed by atoms with Crippen LogP contribution in [0.3, 0.4) is 0 Å². The number of benzene rings is 2. The van der Waals surface area contributed by atoms with Crippen LogP contribution < -0.4 is 5.32 Å². The summed E-state index contributed by atoms with van der Waals surface area (Å²) in [5, 5.41) is 2.47. The van der Waals surface area contributed by atoms with Crippen molar-refractivity contribution in [3.05, 3.63) is 83.2 Å². The second-order valence-electron chi connectivity index (χ2n) is 8.17. The number of imidazole rings is 1. The van der Waals surface area contributed by atoms with Crippen LogP contribution in [0.25, 0.3) is 16.9 Å². The van der Waals surface area contributed by atoms with Crippen molar-refractivity contribution in [1.82, 2.24) is 18.7 Å². The molecule has 0 aliphatic rings. The number of nitrogens with zero attached hydrogens (tertiary/aromatic N) is 4. The Morgan fingerprint density at radius 1 is 1.06 bits per heavy atom. The number of aryl methyl sites for hydroxylation is 3. The van der Waals surface area contributed by atoms with Gasteiger partial charge in [-0.15, -0.1) is 0 Å². The van der Waals surface area contributed by atoms with E-state index in [9.17, 15) is 17.6 Å². The molecule has 0 saturated carbocycles. The summed E-state index contributed by atoms with van der Waals surface area (Å²) in [4.78, 5) is 21.7. The molecule has 0 radical (unpaired) electrons. The lowest BCUT2D eigenvalue weighted by molar-refractivity contribution is 0.237. The molecule has 0 spiro atoms. The van der Waals surface area contributed by atoms with Crippen LogP contribution in [0.1, 0.15) is 29.6 Å². The summed E-state index contributed by atoms with van der Waals surface area (Å²) < 4.78 is 39.3. The molecule has 1 N–H and O–H groups in total. The molecule has 0 aliphatic heterocycles. The smallest absolute Gasteiger partial charge is 0.307 e. The molecule has 0 fully saturated rings. The van der Waals surface area contributed by atoms with E-state index in [0.717, 1.165) is 50.3 Å². The van der Waals surface area contributed by atoms with E-state index in [1.807, 2.05) is 44.3 Å². The Morgan fingerprint density at radius 3 is 2.37 bits per heavy atom. The number of hydrogen-bond donors (Lipinski definition) is 2. The van der Waals surface area contributed by atoms with E-state index >= 15 is 0 Å². The SMILES string of the molecule is CCc1nc2c(C)nc(C)cn2c1-c1ccc(CCN(C(=O)Nc2ccc(F)cc2)[SH](=O)=O)cc1. The van der Waals surface area contributed by atoms with E-state index in [4.69, 9.17) is 4.98 Å². The third-order valence-electron chi connectivity index (χ3n) is 5.67. The number of thiol groups is 1. The summed E-state index contributed by atoms with van der Waals surface area (Å²) in [7, 11) is -3.14. The molecule has 2 heterocycles. The molecule has 0 bridgehead atoms. The zero-order valence-electron chi connectivity index (χ0n) is 19.7. The van der Waals surface area contributed by atoms with Gasteiger partial charge in [-0.05, 0) is 56.5 Å². The Bertz CT molecular complexity index is 1440. The van der Waals surface area contributed by atoms with Gasteiger partial charge in [0.05, 0.1) is 22.8 Å². The van der Waals surface area contributed by atoms with Gasteiger partial charge in [0, 0.05) is 24.0 Å². The highest BCUT2D eigenvalue weighted by Gasteiger charge is 2.18. The number of carbonyl (C=O) groups is 1. The van der Waals surface area contributed by atoms with Crippen LogP contribution in [0.15, 0.2) is 54.7 Å². The lowest BCUT2D eigenvalue weighted by atomic mass is 10.0.